The van der Waals surface area contributed by atoms with Gasteiger partial charge in [0.1, 0.15) is 6.04 Å². The van der Waals surface area contributed by atoms with Crippen LogP contribution in [0.3, 0.4) is 0 Å². The van der Waals surface area contributed by atoms with E-state index in [0.29, 0.717) is 23.5 Å². The van der Waals surface area contributed by atoms with Crippen LogP contribution in [0, 0.1) is 5.92 Å². The van der Waals surface area contributed by atoms with Gasteiger partial charge in [-0.15, -0.1) is 0 Å². The standard InChI is InChI=1S/C16H19BrClNO2/c17-12-6-5-11(13(18)8-12)9-19-14-4-2-1-3-10(14)7-15(19)16(20)21/h5-6,8,10,14-15H,1-4,7,9H2,(H,20,21). The van der Waals surface area contributed by atoms with Crippen LogP contribution in [-0.4, -0.2) is 28.1 Å². The molecule has 1 aliphatic carbocycles. The minimum atomic E-state index is -0.697. The molecule has 1 aromatic rings. The number of hydrogen-bond acceptors (Lipinski definition) is 2. The van der Waals surface area contributed by atoms with Gasteiger partial charge in [0.25, 0.3) is 0 Å². The predicted molar refractivity (Wildman–Crippen MR) is 86.5 cm³/mol. The second-order valence-electron chi connectivity index (χ2n) is 6.11. The SMILES string of the molecule is O=C(O)C1CC2CCCCC2N1Cc1ccc(Br)cc1Cl. The Kier molecular flexibility index (Phi) is 4.57. The molecule has 2 fully saturated rings. The van der Waals surface area contributed by atoms with Gasteiger partial charge in [0.05, 0.1) is 0 Å². The molecule has 3 nitrogen and oxygen atoms in total. The van der Waals surface area contributed by atoms with E-state index in [1.165, 1.54) is 19.3 Å². The summed E-state index contributed by atoms with van der Waals surface area (Å²) in [7, 11) is 0. The molecule has 1 heterocycles. The zero-order valence-electron chi connectivity index (χ0n) is 11.8. The largest absolute Gasteiger partial charge is 0.480 e. The van der Waals surface area contributed by atoms with Crippen LogP contribution in [0.15, 0.2) is 22.7 Å². The van der Waals surface area contributed by atoms with Crippen molar-refractivity contribution in [2.24, 2.45) is 5.92 Å². The third-order valence-electron chi connectivity index (χ3n) is 4.87. The third kappa shape index (κ3) is 3.13. The summed E-state index contributed by atoms with van der Waals surface area (Å²) < 4.78 is 0.947. The summed E-state index contributed by atoms with van der Waals surface area (Å²) in [6.45, 7) is 0.629. The normalized spacial score (nSPS) is 29.3. The first kappa shape index (κ1) is 15.3. The van der Waals surface area contributed by atoms with Crippen molar-refractivity contribution in [1.82, 2.24) is 4.90 Å². The van der Waals surface area contributed by atoms with E-state index < -0.39 is 5.97 Å². The van der Waals surface area contributed by atoms with E-state index in [9.17, 15) is 9.90 Å². The van der Waals surface area contributed by atoms with E-state index in [1.807, 2.05) is 18.2 Å². The van der Waals surface area contributed by atoms with Gasteiger partial charge in [-0.2, -0.15) is 0 Å². The predicted octanol–water partition coefficient (Wildman–Crippen LogP) is 4.32. The second-order valence-corrected chi connectivity index (χ2v) is 7.43. The highest BCUT2D eigenvalue weighted by atomic mass is 79.9. The number of carboxylic acids is 1. The lowest BCUT2D eigenvalue weighted by molar-refractivity contribution is -0.142. The number of hydrogen-bond donors (Lipinski definition) is 1. The van der Waals surface area contributed by atoms with Crippen molar-refractivity contribution in [3.63, 3.8) is 0 Å². The number of fused-ring (bicyclic) bond motifs is 1. The molecular weight excluding hydrogens is 354 g/mol. The Bertz CT molecular complexity index is 551. The molecule has 21 heavy (non-hydrogen) atoms. The molecule has 0 amide bonds. The maximum Gasteiger partial charge on any atom is 0.320 e. The molecule has 3 rings (SSSR count). The second kappa shape index (κ2) is 6.27. The topological polar surface area (TPSA) is 40.5 Å². The van der Waals surface area contributed by atoms with E-state index in [-0.39, 0.29) is 6.04 Å². The Hall–Kier alpha value is -0.580. The highest BCUT2D eigenvalue weighted by molar-refractivity contribution is 9.10. The van der Waals surface area contributed by atoms with Gasteiger partial charge in [-0.05, 0) is 42.9 Å². The highest BCUT2D eigenvalue weighted by Crippen LogP contribution is 2.41. The van der Waals surface area contributed by atoms with Gasteiger partial charge < -0.3 is 5.11 Å². The Morgan fingerprint density at radius 3 is 2.86 bits per heavy atom. The molecule has 1 saturated carbocycles. The summed E-state index contributed by atoms with van der Waals surface area (Å²) in [5, 5.41) is 10.2. The van der Waals surface area contributed by atoms with Crippen molar-refractivity contribution >= 4 is 33.5 Å². The number of aliphatic carboxylic acids is 1. The average Bonchev–Trinajstić information content (AvgIpc) is 2.81. The van der Waals surface area contributed by atoms with Gasteiger partial charge >= 0.3 is 5.97 Å². The lowest BCUT2D eigenvalue weighted by Gasteiger charge is -2.33. The van der Waals surface area contributed by atoms with Crippen LogP contribution < -0.4 is 0 Å². The molecule has 1 N–H and O–H groups in total. The summed E-state index contributed by atoms with van der Waals surface area (Å²) in [5.74, 6) is -0.160. The molecule has 3 atom stereocenters. The van der Waals surface area contributed by atoms with Crippen LogP contribution in [0.5, 0.6) is 0 Å². The van der Waals surface area contributed by atoms with Crippen LogP contribution in [0.25, 0.3) is 0 Å². The van der Waals surface area contributed by atoms with Gasteiger partial charge in [0.2, 0.25) is 0 Å². The Morgan fingerprint density at radius 2 is 2.14 bits per heavy atom. The van der Waals surface area contributed by atoms with Gasteiger partial charge in [0.15, 0.2) is 0 Å². The quantitative estimate of drug-likeness (QED) is 0.859. The zero-order valence-corrected chi connectivity index (χ0v) is 14.1. The number of benzene rings is 1. The highest BCUT2D eigenvalue weighted by Gasteiger charge is 2.45. The van der Waals surface area contributed by atoms with Gasteiger partial charge in [-0.1, -0.05) is 46.4 Å². The Labute approximate surface area is 138 Å². The molecule has 2 aliphatic rings. The van der Waals surface area contributed by atoms with Crippen LogP contribution >= 0.6 is 27.5 Å². The first-order valence-corrected chi connectivity index (χ1v) is 8.66. The van der Waals surface area contributed by atoms with Crippen molar-refractivity contribution < 1.29 is 9.90 Å². The molecular formula is C16H19BrClNO2. The molecule has 0 aromatic heterocycles. The van der Waals surface area contributed by atoms with Gasteiger partial charge in [0, 0.05) is 22.1 Å². The molecule has 1 aromatic carbocycles. The maximum absolute atomic E-state index is 11.6. The molecule has 3 unspecified atom stereocenters. The van der Waals surface area contributed by atoms with E-state index in [1.54, 1.807) is 0 Å². The summed E-state index contributed by atoms with van der Waals surface area (Å²) >= 11 is 9.71. The van der Waals surface area contributed by atoms with Crippen LogP contribution in [0.4, 0.5) is 0 Å². The van der Waals surface area contributed by atoms with E-state index in [4.69, 9.17) is 11.6 Å². The van der Waals surface area contributed by atoms with E-state index >= 15 is 0 Å². The van der Waals surface area contributed by atoms with Crippen molar-refractivity contribution in [3.8, 4) is 0 Å². The third-order valence-corrected chi connectivity index (χ3v) is 5.72. The zero-order chi connectivity index (χ0) is 15.0. The first-order chi connectivity index (χ1) is 10.1. The number of carbonyl (C=O) groups is 1. The Morgan fingerprint density at radius 1 is 1.38 bits per heavy atom. The maximum atomic E-state index is 11.6. The molecule has 0 bridgehead atoms. The van der Waals surface area contributed by atoms with Crippen molar-refractivity contribution in [2.75, 3.05) is 0 Å². The molecule has 1 saturated heterocycles. The number of carboxylic acid groups (broad SMARTS) is 1. The van der Waals surface area contributed by atoms with Crippen molar-refractivity contribution in [2.45, 2.75) is 50.7 Å². The number of likely N-dealkylation sites (tertiary alicyclic amines) is 1. The monoisotopic (exact) mass is 371 g/mol. The number of rotatable bonds is 3. The van der Waals surface area contributed by atoms with Crippen LogP contribution in [0.1, 0.15) is 37.7 Å². The summed E-state index contributed by atoms with van der Waals surface area (Å²) in [6, 6.07) is 5.87. The fourth-order valence-electron chi connectivity index (χ4n) is 3.87. The first-order valence-electron chi connectivity index (χ1n) is 7.48. The minimum absolute atomic E-state index is 0.363. The van der Waals surface area contributed by atoms with E-state index in [2.05, 4.69) is 20.8 Å². The fraction of sp³-hybridized carbons (Fsp3) is 0.562. The molecule has 1 aliphatic heterocycles. The van der Waals surface area contributed by atoms with Crippen LogP contribution in [0.2, 0.25) is 5.02 Å². The average molecular weight is 373 g/mol. The summed E-state index contributed by atoms with van der Waals surface area (Å²) in [5.41, 5.74) is 1.01. The molecule has 0 radical (unpaired) electrons. The number of halogens is 2. The molecule has 114 valence electrons. The lowest BCUT2D eigenvalue weighted by Crippen LogP contribution is -2.41. The summed E-state index contributed by atoms with van der Waals surface area (Å²) in [4.78, 5) is 13.8. The van der Waals surface area contributed by atoms with Gasteiger partial charge in [-0.25, -0.2) is 0 Å². The molecule has 0 spiro atoms. The minimum Gasteiger partial charge on any atom is -0.480 e. The Balaban J connectivity index is 1.84. The van der Waals surface area contributed by atoms with Gasteiger partial charge in [-0.3, -0.25) is 9.69 Å². The van der Waals surface area contributed by atoms with Crippen molar-refractivity contribution in [1.29, 1.82) is 0 Å². The summed E-state index contributed by atoms with van der Waals surface area (Å²) in [6.07, 6.45) is 5.51. The smallest absolute Gasteiger partial charge is 0.320 e. The lowest BCUT2D eigenvalue weighted by atomic mass is 9.84. The van der Waals surface area contributed by atoms with Crippen LogP contribution in [-0.2, 0) is 11.3 Å². The fourth-order valence-corrected chi connectivity index (χ4v) is 4.60. The number of nitrogens with zero attached hydrogens (tertiary/aromatic N) is 1. The molecule has 5 heteroatoms. The van der Waals surface area contributed by atoms with E-state index in [0.717, 1.165) is 22.9 Å². The van der Waals surface area contributed by atoms with Crippen molar-refractivity contribution in [3.05, 3.63) is 33.3 Å².